The van der Waals surface area contributed by atoms with Gasteiger partial charge in [-0.2, -0.15) is 5.10 Å². The first-order valence-corrected chi connectivity index (χ1v) is 5.87. The predicted octanol–water partition coefficient (Wildman–Crippen LogP) is 1.31. The lowest BCUT2D eigenvalue weighted by atomic mass is 10.2. The number of rotatable bonds is 5. The number of amides is 1. The van der Waals surface area contributed by atoms with Crippen LogP contribution in [0.4, 0.5) is 0 Å². The Balaban J connectivity index is 1.79. The molecule has 2 heterocycles. The van der Waals surface area contributed by atoms with Gasteiger partial charge in [-0.1, -0.05) is 5.16 Å². The second-order valence-electron chi connectivity index (χ2n) is 4.08. The molecular weight excluding hydrogens is 232 g/mol. The van der Waals surface area contributed by atoms with Crippen LogP contribution in [0.15, 0.2) is 23.0 Å². The number of aryl methyl sites for hydroxylation is 3. The van der Waals surface area contributed by atoms with Gasteiger partial charge in [0, 0.05) is 25.5 Å². The largest absolute Gasteiger partial charge is 0.361 e. The minimum Gasteiger partial charge on any atom is -0.361 e. The van der Waals surface area contributed by atoms with Crippen LogP contribution < -0.4 is 5.32 Å². The van der Waals surface area contributed by atoms with E-state index in [1.807, 2.05) is 16.9 Å². The van der Waals surface area contributed by atoms with Crippen LogP contribution in [0.1, 0.15) is 28.2 Å². The Bertz CT molecular complexity index is 497. The zero-order valence-electron chi connectivity index (χ0n) is 10.5. The maximum absolute atomic E-state index is 11.9. The van der Waals surface area contributed by atoms with Gasteiger partial charge < -0.3 is 9.84 Å². The van der Waals surface area contributed by atoms with Crippen LogP contribution in [-0.4, -0.2) is 27.4 Å². The van der Waals surface area contributed by atoms with Crippen LogP contribution in [0, 0.1) is 13.8 Å². The van der Waals surface area contributed by atoms with Gasteiger partial charge in [-0.25, -0.2) is 0 Å². The highest BCUT2D eigenvalue weighted by Gasteiger charge is 2.16. The first-order chi connectivity index (χ1) is 8.68. The number of carbonyl (C=O) groups excluding carboxylic acids is 1. The van der Waals surface area contributed by atoms with Crippen molar-refractivity contribution in [3.8, 4) is 0 Å². The average molecular weight is 248 g/mol. The molecule has 0 fully saturated rings. The molecule has 1 amide bonds. The maximum atomic E-state index is 11.9. The molecule has 1 N–H and O–H groups in total. The zero-order chi connectivity index (χ0) is 13.0. The SMILES string of the molecule is Cc1noc(C)c1C(=O)NCCCn1cccn1. The number of hydrogen-bond acceptors (Lipinski definition) is 4. The molecule has 0 bridgehead atoms. The highest BCUT2D eigenvalue weighted by molar-refractivity contribution is 5.96. The van der Waals surface area contributed by atoms with Crippen molar-refractivity contribution in [1.29, 1.82) is 0 Å². The fourth-order valence-corrected chi connectivity index (χ4v) is 1.77. The molecule has 2 rings (SSSR count). The minimum atomic E-state index is -0.133. The third-order valence-electron chi connectivity index (χ3n) is 2.67. The van der Waals surface area contributed by atoms with Crippen molar-refractivity contribution in [3.05, 3.63) is 35.5 Å². The predicted molar refractivity (Wildman–Crippen MR) is 65.2 cm³/mol. The highest BCUT2D eigenvalue weighted by atomic mass is 16.5. The molecule has 0 atom stereocenters. The molecule has 0 spiro atoms. The van der Waals surface area contributed by atoms with Crippen molar-refractivity contribution >= 4 is 5.91 Å². The smallest absolute Gasteiger partial charge is 0.256 e. The van der Waals surface area contributed by atoms with Crippen LogP contribution in [0.2, 0.25) is 0 Å². The summed E-state index contributed by atoms with van der Waals surface area (Å²) in [4.78, 5) is 11.9. The molecule has 0 saturated carbocycles. The standard InChI is InChI=1S/C12H16N4O2/c1-9-11(10(2)18-15-9)12(17)13-5-3-7-16-8-4-6-14-16/h4,6,8H,3,5,7H2,1-2H3,(H,13,17). The second kappa shape index (κ2) is 5.48. The van der Waals surface area contributed by atoms with Crippen LogP contribution in [-0.2, 0) is 6.54 Å². The lowest BCUT2D eigenvalue weighted by Crippen LogP contribution is -2.26. The number of nitrogens with zero attached hydrogens (tertiary/aromatic N) is 3. The van der Waals surface area contributed by atoms with E-state index in [1.54, 1.807) is 20.0 Å². The Morgan fingerprint density at radius 3 is 2.94 bits per heavy atom. The number of hydrogen-bond donors (Lipinski definition) is 1. The molecule has 0 saturated heterocycles. The number of carbonyl (C=O) groups is 1. The summed E-state index contributed by atoms with van der Waals surface area (Å²) >= 11 is 0. The van der Waals surface area contributed by atoms with E-state index in [-0.39, 0.29) is 5.91 Å². The molecular formula is C12H16N4O2. The van der Waals surface area contributed by atoms with Crippen molar-refractivity contribution in [2.45, 2.75) is 26.8 Å². The topological polar surface area (TPSA) is 73.0 Å². The first-order valence-electron chi connectivity index (χ1n) is 5.87. The van der Waals surface area contributed by atoms with E-state index in [9.17, 15) is 4.79 Å². The summed E-state index contributed by atoms with van der Waals surface area (Å²) in [6, 6.07) is 1.88. The molecule has 6 nitrogen and oxygen atoms in total. The van der Waals surface area contributed by atoms with Crippen LogP contribution in [0.25, 0.3) is 0 Å². The lowest BCUT2D eigenvalue weighted by molar-refractivity contribution is 0.0950. The summed E-state index contributed by atoms with van der Waals surface area (Å²) in [6.07, 6.45) is 4.47. The molecule has 0 aliphatic rings. The summed E-state index contributed by atoms with van der Waals surface area (Å²) in [5, 5.41) is 10.7. The molecule has 96 valence electrons. The second-order valence-corrected chi connectivity index (χ2v) is 4.08. The van der Waals surface area contributed by atoms with Crippen molar-refractivity contribution < 1.29 is 9.32 Å². The van der Waals surface area contributed by atoms with Gasteiger partial charge in [-0.3, -0.25) is 9.48 Å². The van der Waals surface area contributed by atoms with E-state index in [4.69, 9.17) is 4.52 Å². The number of nitrogens with one attached hydrogen (secondary N) is 1. The van der Waals surface area contributed by atoms with Crippen LogP contribution in [0.3, 0.4) is 0 Å². The molecule has 0 aliphatic heterocycles. The van der Waals surface area contributed by atoms with Gasteiger partial charge in [-0.05, 0) is 26.3 Å². The van der Waals surface area contributed by atoms with Crippen molar-refractivity contribution in [2.75, 3.05) is 6.54 Å². The Morgan fingerprint density at radius 2 is 2.33 bits per heavy atom. The Morgan fingerprint density at radius 1 is 1.50 bits per heavy atom. The van der Waals surface area contributed by atoms with E-state index in [0.29, 0.717) is 23.6 Å². The molecule has 0 aromatic carbocycles. The van der Waals surface area contributed by atoms with E-state index in [2.05, 4.69) is 15.6 Å². The Kier molecular flexibility index (Phi) is 3.76. The van der Waals surface area contributed by atoms with Gasteiger partial charge in [0.1, 0.15) is 11.3 Å². The van der Waals surface area contributed by atoms with E-state index < -0.39 is 0 Å². The van der Waals surface area contributed by atoms with E-state index >= 15 is 0 Å². The molecule has 0 radical (unpaired) electrons. The van der Waals surface area contributed by atoms with Crippen LogP contribution >= 0.6 is 0 Å². The van der Waals surface area contributed by atoms with Crippen molar-refractivity contribution in [1.82, 2.24) is 20.3 Å². The van der Waals surface area contributed by atoms with Gasteiger partial charge in [0.25, 0.3) is 5.91 Å². The summed E-state index contributed by atoms with van der Waals surface area (Å²) in [7, 11) is 0. The van der Waals surface area contributed by atoms with Gasteiger partial charge in [-0.15, -0.1) is 0 Å². The summed E-state index contributed by atoms with van der Waals surface area (Å²) < 4.78 is 6.79. The molecule has 0 aliphatic carbocycles. The van der Waals surface area contributed by atoms with Gasteiger partial charge >= 0.3 is 0 Å². The van der Waals surface area contributed by atoms with Crippen molar-refractivity contribution in [3.63, 3.8) is 0 Å². The maximum Gasteiger partial charge on any atom is 0.256 e. The Hall–Kier alpha value is -2.11. The van der Waals surface area contributed by atoms with E-state index in [0.717, 1.165) is 13.0 Å². The summed E-state index contributed by atoms with van der Waals surface area (Å²) in [5.74, 6) is 0.420. The average Bonchev–Trinajstić information content (AvgIpc) is 2.95. The van der Waals surface area contributed by atoms with Gasteiger partial charge in [0.15, 0.2) is 0 Å². The summed E-state index contributed by atoms with van der Waals surface area (Å²) in [6.45, 7) is 4.88. The third kappa shape index (κ3) is 2.77. The fraction of sp³-hybridized carbons (Fsp3) is 0.417. The quantitative estimate of drug-likeness (QED) is 0.810. The molecule has 2 aromatic heterocycles. The normalized spacial score (nSPS) is 10.6. The van der Waals surface area contributed by atoms with Crippen molar-refractivity contribution in [2.24, 2.45) is 0 Å². The molecule has 2 aromatic rings. The van der Waals surface area contributed by atoms with Crippen LogP contribution in [0.5, 0.6) is 0 Å². The molecule has 0 unspecified atom stereocenters. The lowest BCUT2D eigenvalue weighted by Gasteiger charge is -2.04. The zero-order valence-corrected chi connectivity index (χ0v) is 10.5. The molecule has 6 heteroatoms. The highest BCUT2D eigenvalue weighted by Crippen LogP contribution is 2.11. The minimum absolute atomic E-state index is 0.133. The first kappa shape index (κ1) is 12.3. The van der Waals surface area contributed by atoms with Gasteiger partial charge in [0.2, 0.25) is 0 Å². The van der Waals surface area contributed by atoms with E-state index in [1.165, 1.54) is 0 Å². The number of aromatic nitrogens is 3. The van der Waals surface area contributed by atoms with Gasteiger partial charge in [0.05, 0.1) is 5.69 Å². The molecule has 18 heavy (non-hydrogen) atoms. The Labute approximate surface area is 105 Å². The third-order valence-corrected chi connectivity index (χ3v) is 2.67. The summed E-state index contributed by atoms with van der Waals surface area (Å²) in [5.41, 5.74) is 1.16. The monoisotopic (exact) mass is 248 g/mol. The fourth-order valence-electron chi connectivity index (χ4n) is 1.77.